The molecule has 1 aliphatic carbocycles. The Morgan fingerprint density at radius 1 is 0.765 bits per heavy atom. The predicted molar refractivity (Wildman–Crippen MR) is 130 cm³/mol. The number of likely N-dealkylation sites (tertiary alicyclic amines) is 1. The van der Waals surface area contributed by atoms with Crippen LogP contribution in [0.1, 0.15) is 22.5 Å². The number of anilines is 1. The maximum atomic E-state index is 13.5. The Bertz CT molecular complexity index is 1400. The zero-order chi connectivity index (χ0) is 24.1. The van der Waals surface area contributed by atoms with Crippen molar-refractivity contribution in [3.05, 3.63) is 92.8 Å². The number of hydrogen-bond acceptors (Lipinski definition) is 6. The van der Waals surface area contributed by atoms with E-state index in [1.54, 1.807) is 7.05 Å². The van der Waals surface area contributed by atoms with Crippen LogP contribution in [0.4, 0.5) is 5.69 Å². The van der Waals surface area contributed by atoms with Crippen LogP contribution in [0.5, 0.6) is 0 Å². The van der Waals surface area contributed by atoms with Gasteiger partial charge in [0.1, 0.15) is 0 Å². The van der Waals surface area contributed by atoms with Crippen LogP contribution in [0.3, 0.4) is 0 Å². The lowest BCUT2D eigenvalue weighted by molar-refractivity contribution is -0.138. The topological polar surface area (TPSA) is 93.4 Å². The third-order valence-corrected chi connectivity index (χ3v) is 8.05. The van der Waals surface area contributed by atoms with Crippen molar-refractivity contribution in [1.82, 2.24) is 14.0 Å². The Morgan fingerprint density at radius 2 is 1.35 bits per heavy atom. The first-order valence-corrected chi connectivity index (χ1v) is 11.8. The van der Waals surface area contributed by atoms with E-state index in [0.717, 1.165) is 20.0 Å². The van der Waals surface area contributed by atoms with E-state index >= 15 is 0 Å². The first-order valence-electron chi connectivity index (χ1n) is 11.0. The molecule has 8 nitrogen and oxygen atoms in total. The third-order valence-electron chi connectivity index (χ3n) is 6.73. The Balaban J connectivity index is 1.78. The molecule has 1 aromatic heterocycles. The predicted octanol–water partition coefficient (Wildman–Crippen LogP) is 2.32. The lowest BCUT2D eigenvalue weighted by Crippen LogP contribution is -2.49. The number of para-hydroxylation sites is 1. The van der Waals surface area contributed by atoms with Crippen molar-refractivity contribution in [3.8, 4) is 0 Å². The second kappa shape index (κ2) is 8.32. The van der Waals surface area contributed by atoms with Gasteiger partial charge >= 0.3 is 5.69 Å². The summed E-state index contributed by atoms with van der Waals surface area (Å²) in [6, 6.07) is 18.0. The monoisotopic (exact) mass is 476 g/mol. The molecule has 0 bridgehead atoms. The van der Waals surface area contributed by atoms with E-state index in [1.807, 2.05) is 60.7 Å². The zero-order valence-electron chi connectivity index (χ0n) is 19.0. The van der Waals surface area contributed by atoms with Gasteiger partial charge in [-0.3, -0.25) is 28.4 Å². The number of rotatable bonds is 4. The van der Waals surface area contributed by atoms with E-state index in [-0.39, 0.29) is 11.8 Å². The van der Waals surface area contributed by atoms with Crippen molar-refractivity contribution >= 4 is 29.3 Å². The first kappa shape index (κ1) is 22.2. The van der Waals surface area contributed by atoms with Gasteiger partial charge in [0.2, 0.25) is 11.8 Å². The first-order chi connectivity index (χ1) is 16.3. The fourth-order valence-electron chi connectivity index (χ4n) is 5.05. The summed E-state index contributed by atoms with van der Waals surface area (Å²) in [6.07, 6.45) is 0. The quantitative estimate of drug-likeness (QED) is 0.581. The number of carbonyl (C=O) groups is 2. The number of amides is 2. The fourth-order valence-corrected chi connectivity index (χ4v) is 6.49. The number of fused-ring (bicyclic) bond motifs is 2. The summed E-state index contributed by atoms with van der Waals surface area (Å²) in [5, 5.41) is 2.76. The van der Waals surface area contributed by atoms with Gasteiger partial charge in [-0.15, -0.1) is 11.8 Å². The van der Waals surface area contributed by atoms with Crippen molar-refractivity contribution in [2.75, 3.05) is 12.4 Å². The molecule has 1 fully saturated rings. The molecule has 1 N–H and O–H groups in total. The van der Waals surface area contributed by atoms with E-state index in [0.29, 0.717) is 11.3 Å². The van der Waals surface area contributed by atoms with Crippen LogP contribution in [-0.2, 0) is 23.7 Å². The van der Waals surface area contributed by atoms with Gasteiger partial charge in [0.15, 0.2) is 0 Å². The van der Waals surface area contributed by atoms with Gasteiger partial charge in [-0.05, 0) is 24.3 Å². The standard InChI is InChI=1S/C25H24N4O4S/c1-27-20-18(24(32)29(3)25(27)33)19(26-14-10-6-4-7-11-14)16-17(23(31)28(2)22(16)30)21(20)34-15-12-8-5-9-13-15/h4-13,16-17,19,21,26H,1-3H3/t16-,17+,19-,21-/m1/s1. The van der Waals surface area contributed by atoms with Gasteiger partial charge in [-0.25, -0.2) is 4.79 Å². The molecule has 0 unspecified atom stereocenters. The van der Waals surface area contributed by atoms with Gasteiger partial charge in [0, 0.05) is 37.4 Å². The van der Waals surface area contributed by atoms with Crippen LogP contribution in [0, 0.1) is 11.8 Å². The number of hydrogen-bond donors (Lipinski definition) is 1. The highest BCUT2D eigenvalue weighted by Gasteiger charge is 2.58. The van der Waals surface area contributed by atoms with Gasteiger partial charge in [0.25, 0.3) is 5.56 Å². The van der Waals surface area contributed by atoms with Crippen molar-refractivity contribution < 1.29 is 9.59 Å². The lowest BCUT2D eigenvalue weighted by Gasteiger charge is -2.39. The normalized spacial score (nSPS) is 23.6. The van der Waals surface area contributed by atoms with E-state index in [9.17, 15) is 19.2 Å². The SMILES string of the molecule is CN1C(=O)[C@@H]2[C@H](C1=O)[C@@H](Sc1ccccc1)c1c(c(=O)n(C)c(=O)n1C)[C@@H]2Nc1ccccc1. The number of carbonyl (C=O) groups excluding carboxylic acids is 2. The highest BCUT2D eigenvalue weighted by atomic mass is 32.2. The minimum absolute atomic E-state index is 0.304. The number of nitrogens with one attached hydrogen (secondary N) is 1. The summed E-state index contributed by atoms with van der Waals surface area (Å²) in [6.45, 7) is 0. The molecular formula is C25H24N4O4S. The average molecular weight is 477 g/mol. The van der Waals surface area contributed by atoms with Gasteiger partial charge in [-0.1, -0.05) is 36.4 Å². The van der Waals surface area contributed by atoms with Crippen LogP contribution < -0.4 is 16.6 Å². The Hall–Kier alpha value is -3.59. The van der Waals surface area contributed by atoms with Gasteiger partial charge < -0.3 is 5.32 Å². The van der Waals surface area contributed by atoms with Crippen molar-refractivity contribution in [2.45, 2.75) is 16.2 Å². The minimum atomic E-state index is -0.781. The van der Waals surface area contributed by atoms with E-state index < -0.39 is 34.4 Å². The van der Waals surface area contributed by atoms with E-state index in [4.69, 9.17) is 0 Å². The zero-order valence-corrected chi connectivity index (χ0v) is 19.8. The molecule has 9 heteroatoms. The molecule has 2 amide bonds. The number of thioether (sulfide) groups is 1. The molecule has 0 saturated carbocycles. The molecule has 4 atom stereocenters. The van der Waals surface area contributed by atoms with Crippen LogP contribution in [-0.4, -0.2) is 32.9 Å². The highest BCUT2D eigenvalue weighted by molar-refractivity contribution is 7.99. The number of imide groups is 1. The average Bonchev–Trinajstić information content (AvgIpc) is 3.08. The van der Waals surface area contributed by atoms with Crippen LogP contribution in [0.2, 0.25) is 0 Å². The van der Waals surface area contributed by atoms with Crippen molar-refractivity contribution in [1.29, 1.82) is 0 Å². The number of benzene rings is 2. The van der Waals surface area contributed by atoms with Crippen molar-refractivity contribution in [2.24, 2.45) is 25.9 Å². The molecule has 1 aliphatic heterocycles. The maximum Gasteiger partial charge on any atom is 0.330 e. The summed E-state index contributed by atoms with van der Waals surface area (Å²) >= 11 is 1.40. The minimum Gasteiger partial charge on any atom is -0.377 e. The molecule has 2 aromatic carbocycles. The van der Waals surface area contributed by atoms with E-state index in [2.05, 4.69) is 5.32 Å². The summed E-state index contributed by atoms with van der Waals surface area (Å²) < 4.78 is 2.51. The molecule has 0 spiro atoms. The van der Waals surface area contributed by atoms with Crippen molar-refractivity contribution in [3.63, 3.8) is 0 Å². The van der Waals surface area contributed by atoms with E-state index in [1.165, 1.54) is 30.4 Å². The number of nitrogens with zero attached hydrogens (tertiary/aromatic N) is 3. The van der Waals surface area contributed by atoms with Crippen LogP contribution >= 0.6 is 11.8 Å². The summed E-state index contributed by atoms with van der Waals surface area (Å²) in [5.41, 5.74) is 0.618. The molecule has 174 valence electrons. The molecule has 5 rings (SSSR count). The summed E-state index contributed by atoms with van der Waals surface area (Å²) in [5.74, 6) is -2.14. The molecule has 2 aliphatic rings. The maximum absolute atomic E-state index is 13.5. The smallest absolute Gasteiger partial charge is 0.330 e. The highest BCUT2D eigenvalue weighted by Crippen LogP contribution is 2.55. The third kappa shape index (κ3) is 3.30. The molecule has 3 aromatic rings. The molecule has 1 saturated heterocycles. The fraction of sp³-hybridized carbons (Fsp3) is 0.280. The van der Waals surface area contributed by atoms with Gasteiger partial charge in [0.05, 0.1) is 28.7 Å². The molecule has 0 radical (unpaired) electrons. The molecule has 2 heterocycles. The van der Waals surface area contributed by atoms with Crippen LogP contribution in [0.25, 0.3) is 0 Å². The second-order valence-corrected chi connectivity index (χ2v) is 9.85. The Morgan fingerprint density at radius 3 is 2.00 bits per heavy atom. The number of aromatic nitrogens is 2. The second-order valence-electron chi connectivity index (χ2n) is 8.63. The lowest BCUT2D eigenvalue weighted by atomic mass is 9.75. The summed E-state index contributed by atoms with van der Waals surface area (Å²) in [4.78, 5) is 55.3. The molecule has 34 heavy (non-hydrogen) atoms. The van der Waals surface area contributed by atoms with Gasteiger partial charge in [-0.2, -0.15) is 0 Å². The Kier molecular flexibility index (Phi) is 5.44. The molecular weight excluding hydrogens is 452 g/mol. The Labute approximate surface area is 200 Å². The van der Waals surface area contributed by atoms with Crippen LogP contribution in [0.15, 0.2) is 75.1 Å². The summed E-state index contributed by atoms with van der Waals surface area (Å²) in [7, 11) is 4.53. The largest absolute Gasteiger partial charge is 0.377 e.